The Kier molecular flexibility index (Phi) is 3.65. The Morgan fingerprint density at radius 1 is 1.30 bits per heavy atom. The molecule has 0 saturated heterocycles. The summed E-state index contributed by atoms with van der Waals surface area (Å²) in [7, 11) is 0. The monoisotopic (exact) mass is 276 g/mol. The number of amides is 1. The molecule has 0 radical (unpaired) electrons. The second kappa shape index (κ2) is 5.39. The number of carbonyl (C=O) groups excluding carboxylic acids is 1. The predicted molar refractivity (Wildman–Crippen MR) is 68.5 cm³/mol. The molecule has 0 saturated carbocycles. The normalized spacial score (nSPS) is 10.2. The lowest BCUT2D eigenvalue weighted by Crippen LogP contribution is -2.36. The number of aromatic amines is 1. The molecule has 0 bridgehead atoms. The minimum Gasteiger partial charge on any atom is -0.508 e. The number of rotatable bonds is 4. The molecule has 8 nitrogen and oxygen atoms in total. The zero-order chi connectivity index (χ0) is 14.7. The number of aromatic nitrogens is 3. The summed E-state index contributed by atoms with van der Waals surface area (Å²) in [5.41, 5.74) is 0.331. The highest BCUT2D eigenvalue weighted by Crippen LogP contribution is 2.19. The van der Waals surface area contributed by atoms with Crippen LogP contribution in [0.4, 0.5) is 5.69 Å². The van der Waals surface area contributed by atoms with Gasteiger partial charge in [0.1, 0.15) is 18.1 Å². The maximum atomic E-state index is 12.2. The van der Waals surface area contributed by atoms with Gasteiger partial charge in [0.05, 0.1) is 0 Å². The number of carboxylic acids is 1. The summed E-state index contributed by atoms with van der Waals surface area (Å²) in [5.74, 6) is -1.45. The molecule has 20 heavy (non-hydrogen) atoms. The van der Waals surface area contributed by atoms with Gasteiger partial charge >= 0.3 is 5.97 Å². The molecule has 0 spiro atoms. The molecule has 0 aliphatic rings. The molecule has 0 atom stereocenters. The van der Waals surface area contributed by atoms with Crippen LogP contribution < -0.4 is 4.90 Å². The van der Waals surface area contributed by atoms with E-state index in [1.807, 2.05) is 0 Å². The molecule has 0 fully saturated rings. The summed E-state index contributed by atoms with van der Waals surface area (Å²) in [4.78, 5) is 28.0. The van der Waals surface area contributed by atoms with Gasteiger partial charge in [-0.1, -0.05) is 0 Å². The van der Waals surface area contributed by atoms with Gasteiger partial charge in [-0.15, -0.1) is 5.10 Å². The van der Waals surface area contributed by atoms with E-state index in [1.165, 1.54) is 24.3 Å². The summed E-state index contributed by atoms with van der Waals surface area (Å²) in [6, 6.07) is 5.60. The van der Waals surface area contributed by atoms with Crippen LogP contribution >= 0.6 is 0 Å². The number of hydrogen-bond donors (Lipinski definition) is 3. The third-order valence-corrected chi connectivity index (χ3v) is 2.49. The first-order valence-corrected chi connectivity index (χ1v) is 5.69. The van der Waals surface area contributed by atoms with Crippen molar-refractivity contribution in [1.82, 2.24) is 15.2 Å². The molecular formula is C12H12N4O4. The topological polar surface area (TPSA) is 119 Å². The number of anilines is 1. The number of nitrogens with zero attached hydrogens (tertiary/aromatic N) is 3. The fourth-order valence-corrected chi connectivity index (χ4v) is 1.61. The zero-order valence-corrected chi connectivity index (χ0v) is 10.6. The lowest BCUT2D eigenvalue weighted by molar-refractivity contribution is -0.135. The van der Waals surface area contributed by atoms with E-state index in [4.69, 9.17) is 5.11 Å². The Morgan fingerprint density at radius 3 is 2.45 bits per heavy atom. The lowest BCUT2D eigenvalue weighted by atomic mass is 10.2. The van der Waals surface area contributed by atoms with E-state index in [2.05, 4.69) is 15.2 Å². The van der Waals surface area contributed by atoms with E-state index in [9.17, 15) is 14.7 Å². The number of phenols is 1. The van der Waals surface area contributed by atoms with E-state index in [1.54, 1.807) is 6.92 Å². The molecule has 0 unspecified atom stereocenters. The first-order valence-electron chi connectivity index (χ1n) is 5.69. The van der Waals surface area contributed by atoms with Crippen molar-refractivity contribution in [3.63, 3.8) is 0 Å². The summed E-state index contributed by atoms with van der Waals surface area (Å²) < 4.78 is 0. The molecule has 2 rings (SSSR count). The van der Waals surface area contributed by atoms with Crippen LogP contribution in [0.5, 0.6) is 5.75 Å². The van der Waals surface area contributed by atoms with Gasteiger partial charge in [0.2, 0.25) is 5.82 Å². The first kappa shape index (κ1) is 13.5. The third kappa shape index (κ3) is 2.91. The Balaban J connectivity index is 2.34. The average molecular weight is 276 g/mol. The number of benzene rings is 1. The molecule has 0 aliphatic heterocycles. The minimum absolute atomic E-state index is 0.0187. The molecule has 1 aromatic heterocycles. The Hall–Kier alpha value is -2.90. The van der Waals surface area contributed by atoms with Gasteiger partial charge in [0.25, 0.3) is 5.91 Å². The van der Waals surface area contributed by atoms with Crippen LogP contribution in [0.3, 0.4) is 0 Å². The fraction of sp³-hybridized carbons (Fsp3) is 0.167. The van der Waals surface area contributed by atoms with E-state index in [0.29, 0.717) is 11.5 Å². The van der Waals surface area contributed by atoms with Crippen molar-refractivity contribution in [2.45, 2.75) is 6.92 Å². The highest BCUT2D eigenvalue weighted by Gasteiger charge is 2.23. The van der Waals surface area contributed by atoms with E-state index in [0.717, 1.165) is 4.90 Å². The predicted octanol–water partition coefficient (Wildman–Crippen LogP) is 0.550. The van der Waals surface area contributed by atoms with Crippen molar-refractivity contribution in [3.8, 4) is 5.75 Å². The summed E-state index contributed by atoms with van der Waals surface area (Å²) in [6.07, 6.45) is 0. The van der Waals surface area contributed by atoms with E-state index < -0.39 is 18.4 Å². The first-order chi connectivity index (χ1) is 9.47. The van der Waals surface area contributed by atoms with Crippen LogP contribution in [0.15, 0.2) is 24.3 Å². The fourth-order valence-electron chi connectivity index (χ4n) is 1.61. The van der Waals surface area contributed by atoms with Crippen molar-refractivity contribution >= 4 is 17.6 Å². The average Bonchev–Trinajstić information content (AvgIpc) is 2.83. The van der Waals surface area contributed by atoms with Crippen LogP contribution in [0.25, 0.3) is 0 Å². The van der Waals surface area contributed by atoms with Crippen molar-refractivity contribution in [2.75, 3.05) is 11.4 Å². The zero-order valence-electron chi connectivity index (χ0n) is 10.6. The van der Waals surface area contributed by atoms with Crippen LogP contribution in [-0.4, -0.2) is 43.8 Å². The highest BCUT2D eigenvalue weighted by atomic mass is 16.4. The van der Waals surface area contributed by atoms with E-state index in [-0.39, 0.29) is 11.6 Å². The van der Waals surface area contributed by atoms with Crippen molar-refractivity contribution < 1.29 is 19.8 Å². The molecular weight excluding hydrogens is 264 g/mol. The van der Waals surface area contributed by atoms with Gasteiger partial charge in [0.15, 0.2) is 0 Å². The molecule has 3 N–H and O–H groups in total. The van der Waals surface area contributed by atoms with Crippen molar-refractivity contribution in [2.24, 2.45) is 0 Å². The van der Waals surface area contributed by atoms with Gasteiger partial charge in [-0.3, -0.25) is 19.6 Å². The SMILES string of the molecule is Cc1nc(C(=O)N(CC(=O)O)c2ccc(O)cc2)n[nH]1. The number of hydrogen-bond acceptors (Lipinski definition) is 5. The Morgan fingerprint density at radius 2 is 1.95 bits per heavy atom. The summed E-state index contributed by atoms with van der Waals surface area (Å²) in [5, 5.41) is 24.4. The van der Waals surface area contributed by atoms with Gasteiger partial charge in [-0.05, 0) is 31.2 Å². The van der Waals surface area contributed by atoms with Crippen molar-refractivity contribution in [1.29, 1.82) is 0 Å². The molecule has 2 aromatic rings. The number of aryl methyl sites for hydroxylation is 1. The van der Waals surface area contributed by atoms with Gasteiger partial charge < -0.3 is 10.2 Å². The second-order valence-corrected chi connectivity index (χ2v) is 4.05. The molecule has 0 aliphatic carbocycles. The quantitative estimate of drug-likeness (QED) is 0.750. The lowest BCUT2D eigenvalue weighted by Gasteiger charge is -2.19. The maximum absolute atomic E-state index is 12.2. The number of aliphatic carboxylic acids is 1. The number of carbonyl (C=O) groups is 2. The largest absolute Gasteiger partial charge is 0.508 e. The van der Waals surface area contributed by atoms with Crippen LogP contribution in [0.2, 0.25) is 0 Å². The Bertz CT molecular complexity index is 635. The standard InChI is InChI=1S/C12H12N4O4/c1-7-13-11(15-14-7)12(20)16(6-10(18)19)8-2-4-9(17)5-3-8/h2-5,17H,6H2,1H3,(H,18,19)(H,13,14,15). The number of nitrogens with one attached hydrogen (secondary N) is 1. The summed E-state index contributed by atoms with van der Waals surface area (Å²) in [6.45, 7) is 1.10. The van der Waals surface area contributed by atoms with Gasteiger partial charge in [0, 0.05) is 5.69 Å². The minimum atomic E-state index is -1.17. The number of aromatic hydroxyl groups is 1. The van der Waals surface area contributed by atoms with Gasteiger partial charge in [-0.2, -0.15) is 0 Å². The molecule has 1 heterocycles. The van der Waals surface area contributed by atoms with Crippen LogP contribution in [0, 0.1) is 6.92 Å². The molecule has 1 aromatic carbocycles. The smallest absolute Gasteiger partial charge is 0.323 e. The molecule has 104 valence electrons. The molecule has 1 amide bonds. The Labute approximate surface area is 113 Å². The second-order valence-electron chi connectivity index (χ2n) is 4.05. The maximum Gasteiger partial charge on any atom is 0.323 e. The number of phenolic OH excluding ortho intramolecular Hbond substituents is 1. The molecule has 8 heteroatoms. The third-order valence-electron chi connectivity index (χ3n) is 2.49. The number of carboxylic acid groups (broad SMARTS) is 1. The van der Waals surface area contributed by atoms with E-state index >= 15 is 0 Å². The van der Waals surface area contributed by atoms with Crippen LogP contribution in [0.1, 0.15) is 16.4 Å². The van der Waals surface area contributed by atoms with Gasteiger partial charge in [-0.25, -0.2) is 4.98 Å². The van der Waals surface area contributed by atoms with Crippen molar-refractivity contribution in [3.05, 3.63) is 35.9 Å². The summed E-state index contributed by atoms with van der Waals surface area (Å²) >= 11 is 0. The van der Waals surface area contributed by atoms with Crippen LogP contribution in [-0.2, 0) is 4.79 Å². The highest BCUT2D eigenvalue weighted by molar-refractivity contribution is 6.05. The number of H-pyrrole nitrogens is 1.